The Morgan fingerprint density at radius 3 is 2.46 bits per heavy atom. The fourth-order valence-electron chi connectivity index (χ4n) is 2.15. The van der Waals surface area contributed by atoms with Crippen molar-refractivity contribution < 1.29 is 14.0 Å². The summed E-state index contributed by atoms with van der Waals surface area (Å²) in [5.41, 5.74) is 9.31. The molecule has 0 radical (unpaired) electrons. The third-order valence-corrected chi connectivity index (χ3v) is 3.57. The van der Waals surface area contributed by atoms with Crippen LogP contribution < -0.4 is 11.1 Å². The van der Waals surface area contributed by atoms with Gasteiger partial charge in [0.1, 0.15) is 5.82 Å². The SMILES string of the molecule is Cc1ccc(/C(N)=N/OCC(=O)Nc2c(C)cccc2C)cc1F. The standard InChI is InChI=1S/C18H20FN3O2/c1-11-7-8-14(9-15(11)19)18(20)22-24-10-16(23)21-17-12(2)5-4-6-13(17)3/h4-9H,10H2,1-3H3,(H2,20,22)(H,21,23). The number of oxime groups is 1. The van der Waals surface area contributed by atoms with Crippen LogP contribution in [0.3, 0.4) is 0 Å². The number of carbonyl (C=O) groups is 1. The zero-order valence-corrected chi connectivity index (χ0v) is 13.9. The number of nitrogens with one attached hydrogen (secondary N) is 1. The second-order valence-electron chi connectivity index (χ2n) is 5.53. The molecular weight excluding hydrogens is 309 g/mol. The number of aryl methyl sites for hydroxylation is 3. The van der Waals surface area contributed by atoms with Crippen LogP contribution in [0.1, 0.15) is 22.3 Å². The van der Waals surface area contributed by atoms with E-state index in [1.807, 2.05) is 32.0 Å². The van der Waals surface area contributed by atoms with Gasteiger partial charge in [0, 0.05) is 11.3 Å². The number of nitrogens with two attached hydrogens (primary N) is 1. The van der Waals surface area contributed by atoms with E-state index in [1.165, 1.54) is 6.07 Å². The van der Waals surface area contributed by atoms with Crippen molar-refractivity contribution in [1.82, 2.24) is 0 Å². The minimum atomic E-state index is -0.376. The number of halogens is 1. The lowest BCUT2D eigenvalue weighted by Crippen LogP contribution is -2.20. The van der Waals surface area contributed by atoms with Crippen LogP contribution in [0.5, 0.6) is 0 Å². The molecule has 2 aromatic carbocycles. The minimum absolute atomic E-state index is 0.00812. The summed E-state index contributed by atoms with van der Waals surface area (Å²) < 4.78 is 13.5. The molecule has 1 amide bonds. The van der Waals surface area contributed by atoms with Gasteiger partial charge in [-0.05, 0) is 43.5 Å². The summed E-state index contributed by atoms with van der Waals surface area (Å²) in [6.07, 6.45) is 0. The molecular formula is C18H20FN3O2. The van der Waals surface area contributed by atoms with Gasteiger partial charge in [0.2, 0.25) is 0 Å². The van der Waals surface area contributed by atoms with E-state index >= 15 is 0 Å². The topological polar surface area (TPSA) is 76.7 Å². The van der Waals surface area contributed by atoms with Crippen LogP contribution in [0.25, 0.3) is 0 Å². The molecule has 24 heavy (non-hydrogen) atoms. The number of rotatable bonds is 5. The highest BCUT2D eigenvalue weighted by atomic mass is 19.1. The molecule has 6 heteroatoms. The van der Waals surface area contributed by atoms with Gasteiger partial charge < -0.3 is 15.9 Å². The second kappa shape index (κ2) is 7.59. The van der Waals surface area contributed by atoms with Crippen molar-refractivity contribution >= 4 is 17.4 Å². The number of hydrogen-bond donors (Lipinski definition) is 2. The average Bonchev–Trinajstić information content (AvgIpc) is 2.53. The number of amidine groups is 1. The third kappa shape index (κ3) is 4.32. The Hall–Kier alpha value is -2.89. The van der Waals surface area contributed by atoms with Gasteiger partial charge in [-0.3, -0.25) is 4.79 Å². The molecule has 0 aliphatic carbocycles. The van der Waals surface area contributed by atoms with Crippen molar-refractivity contribution in [2.24, 2.45) is 10.9 Å². The number of nitrogens with zero attached hydrogens (tertiary/aromatic N) is 1. The van der Waals surface area contributed by atoms with Crippen LogP contribution in [0.2, 0.25) is 0 Å². The van der Waals surface area contributed by atoms with Gasteiger partial charge in [0.25, 0.3) is 5.91 Å². The summed E-state index contributed by atoms with van der Waals surface area (Å²) in [5, 5.41) is 6.43. The zero-order chi connectivity index (χ0) is 17.7. The van der Waals surface area contributed by atoms with Crippen molar-refractivity contribution in [2.75, 3.05) is 11.9 Å². The van der Waals surface area contributed by atoms with E-state index in [0.29, 0.717) is 11.1 Å². The van der Waals surface area contributed by atoms with Crippen LogP contribution in [0, 0.1) is 26.6 Å². The molecule has 0 aromatic heterocycles. The first-order valence-electron chi connectivity index (χ1n) is 7.46. The molecule has 2 aromatic rings. The van der Waals surface area contributed by atoms with E-state index in [-0.39, 0.29) is 24.2 Å². The first kappa shape index (κ1) is 17.5. The predicted molar refractivity (Wildman–Crippen MR) is 92.4 cm³/mol. The third-order valence-electron chi connectivity index (χ3n) is 3.57. The molecule has 2 rings (SSSR count). The van der Waals surface area contributed by atoms with Crippen molar-refractivity contribution in [3.05, 3.63) is 64.5 Å². The fraction of sp³-hybridized carbons (Fsp3) is 0.222. The van der Waals surface area contributed by atoms with Gasteiger partial charge >= 0.3 is 0 Å². The van der Waals surface area contributed by atoms with Crippen LogP contribution in [-0.4, -0.2) is 18.3 Å². The maximum Gasteiger partial charge on any atom is 0.265 e. The highest BCUT2D eigenvalue weighted by Gasteiger charge is 2.08. The van der Waals surface area contributed by atoms with Crippen molar-refractivity contribution in [3.63, 3.8) is 0 Å². The monoisotopic (exact) mass is 329 g/mol. The van der Waals surface area contributed by atoms with Gasteiger partial charge in [-0.25, -0.2) is 4.39 Å². The van der Waals surface area contributed by atoms with E-state index in [2.05, 4.69) is 10.5 Å². The van der Waals surface area contributed by atoms with Gasteiger partial charge in [0.15, 0.2) is 12.4 Å². The molecule has 0 spiro atoms. The Morgan fingerprint density at radius 2 is 1.83 bits per heavy atom. The molecule has 0 aliphatic rings. The quantitative estimate of drug-likeness (QED) is 0.503. The fourth-order valence-corrected chi connectivity index (χ4v) is 2.15. The van der Waals surface area contributed by atoms with Crippen molar-refractivity contribution in [1.29, 1.82) is 0 Å². The summed E-state index contributed by atoms with van der Waals surface area (Å²) in [6, 6.07) is 10.2. The van der Waals surface area contributed by atoms with E-state index in [0.717, 1.165) is 16.8 Å². The van der Waals surface area contributed by atoms with E-state index in [9.17, 15) is 9.18 Å². The number of carbonyl (C=O) groups excluding carboxylic acids is 1. The molecule has 0 unspecified atom stereocenters. The summed E-state index contributed by atoms with van der Waals surface area (Å²) in [6.45, 7) is 5.18. The summed E-state index contributed by atoms with van der Waals surface area (Å²) >= 11 is 0. The molecule has 0 heterocycles. The van der Waals surface area contributed by atoms with Crippen LogP contribution >= 0.6 is 0 Å². The maximum atomic E-state index is 13.5. The Kier molecular flexibility index (Phi) is 5.52. The van der Waals surface area contributed by atoms with Gasteiger partial charge in [-0.1, -0.05) is 35.5 Å². The summed E-state index contributed by atoms with van der Waals surface area (Å²) in [4.78, 5) is 16.9. The first-order valence-corrected chi connectivity index (χ1v) is 7.46. The number of anilines is 1. The molecule has 126 valence electrons. The van der Waals surface area contributed by atoms with Crippen LogP contribution in [0.4, 0.5) is 10.1 Å². The number of benzene rings is 2. The first-order chi connectivity index (χ1) is 11.4. The largest absolute Gasteiger partial charge is 0.384 e. The zero-order valence-electron chi connectivity index (χ0n) is 13.9. The van der Waals surface area contributed by atoms with E-state index in [4.69, 9.17) is 10.6 Å². The van der Waals surface area contributed by atoms with Gasteiger partial charge in [-0.2, -0.15) is 0 Å². The molecule has 0 saturated heterocycles. The Bertz CT molecular complexity index is 768. The van der Waals surface area contributed by atoms with E-state index < -0.39 is 0 Å². The minimum Gasteiger partial charge on any atom is -0.384 e. The number of para-hydroxylation sites is 1. The molecule has 5 nitrogen and oxygen atoms in total. The predicted octanol–water partition coefficient (Wildman–Crippen LogP) is 3.03. The van der Waals surface area contributed by atoms with Gasteiger partial charge in [-0.15, -0.1) is 0 Å². The molecule has 0 saturated carbocycles. The smallest absolute Gasteiger partial charge is 0.265 e. The highest BCUT2D eigenvalue weighted by molar-refractivity contribution is 5.97. The lowest BCUT2D eigenvalue weighted by atomic mass is 10.1. The molecule has 0 aliphatic heterocycles. The lowest BCUT2D eigenvalue weighted by molar-refractivity contribution is -0.120. The van der Waals surface area contributed by atoms with Crippen molar-refractivity contribution in [3.8, 4) is 0 Å². The number of amides is 1. The van der Waals surface area contributed by atoms with Crippen LogP contribution in [0.15, 0.2) is 41.6 Å². The van der Waals surface area contributed by atoms with E-state index in [1.54, 1.807) is 19.1 Å². The lowest BCUT2D eigenvalue weighted by Gasteiger charge is -2.10. The highest BCUT2D eigenvalue weighted by Crippen LogP contribution is 2.19. The Morgan fingerprint density at radius 1 is 1.17 bits per heavy atom. The van der Waals surface area contributed by atoms with Crippen LogP contribution in [-0.2, 0) is 9.63 Å². The summed E-state index contributed by atoms with van der Waals surface area (Å²) in [5.74, 6) is -0.716. The summed E-state index contributed by atoms with van der Waals surface area (Å²) in [7, 11) is 0. The molecule has 0 atom stereocenters. The number of hydrogen-bond acceptors (Lipinski definition) is 3. The second-order valence-corrected chi connectivity index (χ2v) is 5.53. The maximum absolute atomic E-state index is 13.5. The average molecular weight is 329 g/mol. The molecule has 3 N–H and O–H groups in total. The normalized spacial score (nSPS) is 11.2. The molecule has 0 fully saturated rings. The van der Waals surface area contributed by atoms with Gasteiger partial charge in [0.05, 0.1) is 0 Å². The molecule has 0 bridgehead atoms. The Balaban J connectivity index is 1.95. The van der Waals surface area contributed by atoms with Crippen molar-refractivity contribution in [2.45, 2.75) is 20.8 Å². The Labute approximate surface area is 140 Å².